The Hall–Kier alpha value is -2.04. The fraction of sp³-hybridized carbons (Fsp3) is 0.467. The van der Waals surface area contributed by atoms with E-state index in [1.54, 1.807) is 6.92 Å². The molecule has 1 aliphatic rings. The number of hydrogen-bond acceptors (Lipinski definition) is 3. The van der Waals surface area contributed by atoms with Crippen molar-refractivity contribution in [2.75, 3.05) is 0 Å². The molecule has 1 aliphatic carbocycles. The number of rotatable bonds is 6. The van der Waals surface area contributed by atoms with Crippen LogP contribution in [0.1, 0.15) is 31.7 Å². The minimum atomic E-state index is -0.976. The van der Waals surface area contributed by atoms with E-state index in [2.05, 4.69) is 0 Å². The molecule has 108 valence electrons. The molecule has 1 saturated carbocycles. The molecule has 1 atom stereocenters. The molecule has 1 unspecified atom stereocenters. The van der Waals surface area contributed by atoms with Crippen molar-refractivity contribution in [2.24, 2.45) is 0 Å². The summed E-state index contributed by atoms with van der Waals surface area (Å²) in [7, 11) is 0. The summed E-state index contributed by atoms with van der Waals surface area (Å²) in [6, 6.07) is 8.57. The molecule has 5 nitrogen and oxygen atoms in total. The Morgan fingerprint density at radius 3 is 2.50 bits per heavy atom. The van der Waals surface area contributed by atoms with Crippen LogP contribution in [0.25, 0.3) is 0 Å². The number of carboxylic acids is 1. The van der Waals surface area contributed by atoms with Gasteiger partial charge in [0.15, 0.2) is 0 Å². The second-order valence-electron chi connectivity index (χ2n) is 4.94. The lowest BCUT2D eigenvalue weighted by molar-refractivity contribution is -0.143. The smallest absolute Gasteiger partial charge is 0.411 e. The van der Waals surface area contributed by atoms with Crippen molar-refractivity contribution in [1.82, 2.24) is 4.90 Å². The first-order valence-electron chi connectivity index (χ1n) is 6.85. The van der Waals surface area contributed by atoms with Gasteiger partial charge in [0.2, 0.25) is 0 Å². The van der Waals surface area contributed by atoms with E-state index in [-0.39, 0.29) is 12.6 Å². The molecule has 5 heteroatoms. The molecular weight excluding hydrogens is 258 g/mol. The van der Waals surface area contributed by atoms with Crippen LogP contribution in [0, 0.1) is 0 Å². The number of amides is 1. The maximum atomic E-state index is 12.1. The van der Waals surface area contributed by atoms with Crippen LogP contribution in [0.15, 0.2) is 30.3 Å². The fourth-order valence-electron chi connectivity index (χ4n) is 2.17. The molecular formula is C15H19NO4. The van der Waals surface area contributed by atoms with Gasteiger partial charge in [0.25, 0.3) is 0 Å². The molecule has 1 amide bonds. The Morgan fingerprint density at radius 1 is 1.35 bits per heavy atom. The fourth-order valence-corrected chi connectivity index (χ4v) is 2.17. The largest absolute Gasteiger partial charge is 0.480 e. The van der Waals surface area contributed by atoms with Gasteiger partial charge in [-0.2, -0.15) is 0 Å². The zero-order valence-corrected chi connectivity index (χ0v) is 11.5. The van der Waals surface area contributed by atoms with Gasteiger partial charge in [0, 0.05) is 6.04 Å². The average molecular weight is 277 g/mol. The third-order valence-corrected chi connectivity index (χ3v) is 3.36. The summed E-state index contributed by atoms with van der Waals surface area (Å²) >= 11 is 0. The predicted molar refractivity (Wildman–Crippen MR) is 73.2 cm³/mol. The molecule has 2 rings (SSSR count). The lowest BCUT2D eigenvalue weighted by Gasteiger charge is -2.27. The van der Waals surface area contributed by atoms with Crippen LogP contribution >= 0.6 is 0 Å². The summed E-state index contributed by atoms with van der Waals surface area (Å²) < 4.78 is 5.25. The molecule has 0 spiro atoms. The van der Waals surface area contributed by atoms with Gasteiger partial charge in [0.1, 0.15) is 12.6 Å². The quantitative estimate of drug-likeness (QED) is 0.868. The predicted octanol–water partition coefficient (Wildman–Crippen LogP) is 2.65. The van der Waals surface area contributed by atoms with Gasteiger partial charge in [-0.3, -0.25) is 4.90 Å². The number of aliphatic carboxylic acids is 1. The van der Waals surface area contributed by atoms with E-state index in [4.69, 9.17) is 4.74 Å². The number of carbonyl (C=O) groups excluding carboxylic acids is 1. The maximum absolute atomic E-state index is 12.1. The van der Waals surface area contributed by atoms with Crippen molar-refractivity contribution in [2.45, 2.75) is 44.9 Å². The second kappa shape index (κ2) is 6.41. The van der Waals surface area contributed by atoms with E-state index < -0.39 is 18.1 Å². The van der Waals surface area contributed by atoms with Gasteiger partial charge in [-0.25, -0.2) is 9.59 Å². The van der Waals surface area contributed by atoms with Gasteiger partial charge < -0.3 is 9.84 Å². The second-order valence-corrected chi connectivity index (χ2v) is 4.94. The summed E-state index contributed by atoms with van der Waals surface area (Å²) in [4.78, 5) is 24.8. The number of carboxylic acid groups (broad SMARTS) is 1. The normalized spacial score (nSPS) is 15.4. The molecule has 0 heterocycles. The van der Waals surface area contributed by atoms with Crippen LogP contribution in [-0.2, 0) is 16.1 Å². The van der Waals surface area contributed by atoms with Crippen molar-refractivity contribution in [3.63, 3.8) is 0 Å². The summed E-state index contributed by atoms with van der Waals surface area (Å²) in [5, 5.41) is 9.21. The van der Waals surface area contributed by atoms with Crippen LogP contribution in [-0.4, -0.2) is 34.2 Å². The first-order chi connectivity index (χ1) is 9.63. The number of hydrogen-bond donors (Lipinski definition) is 1. The Morgan fingerprint density at radius 2 is 2.00 bits per heavy atom. The van der Waals surface area contributed by atoms with Crippen LogP contribution in [0.5, 0.6) is 0 Å². The number of ether oxygens (including phenoxy) is 1. The summed E-state index contributed by atoms with van der Waals surface area (Å²) in [5.74, 6) is -0.976. The standard InChI is InChI=1S/C15H19NO4/c1-2-13(14(17)18)16(12-8-9-12)15(19)20-10-11-6-4-3-5-7-11/h3-7,12-13H,2,8-10H2,1H3,(H,17,18). The Bertz CT molecular complexity index is 470. The minimum absolute atomic E-state index is 0.0133. The first kappa shape index (κ1) is 14.4. The van der Waals surface area contributed by atoms with Crippen LogP contribution in [0.2, 0.25) is 0 Å². The Labute approximate surface area is 118 Å². The van der Waals surface area contributed by atoms with Gasteiger partial charge in [-0.15, -0.1) is 0 Å². The molecule has 20 heavy (non-hydrogen) atoms. The highest BCUT2D eigenvalue weighted by atomic mass is 16.6. The molecule has 0 radical (unpaired) electrons. The van der Waals surface area contributed by atoms with Crippen molar-refractivity contribution >= 4 is 12.1 Å². The molecule has 0 aliphatic heterocycles. The Balaban J connectivity index is 1.99. The molecule has 1 aromatic carbocycles. The Kier molecular flexibility index (Phi) is 4.61. The highest BCUT2D eigenvalue weighted by Crippen LogP contribution is 2.30. The van der Waals surface area contributed by atoms with E-state index in [1.807, 2.05) is 30.3 Å². The zero-order chi connectivity index (χ0) is 14.5. The molecule has 0 saturated heterocycles. The first-order valence-corrected chi connectivity index (χ1v) is 6.85. The molecule has 1 fully saturated rings. The van der Waals surface area contributed by atoms with E-state index in [1.165, 1.54) is 4.90 Å². The van der Waals surface area contributed by atoms with Gasteiger partial charge in [-0.05, 0) is 24.8 Å². The molecule has 1 aromatic rings. The molecule has 0 aromatic heterocycles. The lowest BCUT2D eigenvalue weighted by Crippen LogP contribution is -2.46. The summed E-state index contributed by atoms with van der Waals surface area (Å²) in [6.07, 6.45) is 1.55. The zero-order valence-electron chi connectivity index (χ0n) is 11.5. The number of benzene rings is 1. The van der Waals surface area contributed by atoms with E-state index in [9.17, 15) is 14.7 Å². The SMILES string of the molecule is CCC(C(=O)O)N(C(=O)OCc1ccccc1)C1CC1. The van der Waals surface area contributed by atoms with Crippen molar-refractivity contribution in [3.05, 3.63) is 35.9 Å². The minimum Gasteiger partial charge on any atom is -0.480 e. The van der Waals surface area contributed by atoms with E-state index in [0.29, 0.717) is 6.42 Å². The monoisotopic (exact) mass is 277 g/mol. The molecule has 0 bridgehead atoms. The third kappa shape index (κ3) is 3.50. The summed E-state index contributed by atoms with van der Waals surface area (Å²) in [5.41, 5.74) is 0.889. The van der Waals surface area contributed by atoms with Gasteiger partial charge in [-0.1, -0.05) is 37.3 Å². The lowest BCUT2D eigenvalue weighted by atomic mass is 10.2. The van der Waals surface area contributed by atoms with Crippen LogP contribution in [0.3, 0.4) is 0 Å². The topological polar surface area (TPSA) is 66.8 Å². The highest BCUT2D eigenvalue weighted by molar-refractivity contribution is 5.80. The van der Waals surface area contributed by atoms with Crippen LogP contribution < -0.4 is 0 Å². The van der Waals surface area contributed by atoms with Crippen molar-refractivity contribution in [1.29, 1.82) is 0 Å². The van der Waals surface area contributed by atoms with Gasteiger partial charge >= 0.3 is 12.1 Å². The van der Waals surface area contributed by atoms with E-state index in [0.717, 1.165) is 18.4 Å². The molecule has 1 N–H and O–H groups in total. The third-order valence-electron chi connectivity index (χ3n) is 3.36. The van der Waals surface area contributed by atoms with Crippen LogP contribution in [0.4, 0.5) is 4.79 Å². The highest BCUT2D eigenvalue weighted by Gasteiger charge is 2.40. The van der Waals surface area contributed by atoms with Gasteiger partial charge in [0.05, 0.1) is 0 Å². The number of carbonyl (C=O) groups is 2. The number of nitrogens with zero attached hydrogens (tertiary/aromatic N) is 1. The van der Waals surface area contributed by atoms with E-state index >= 15 is 0 Å². The maximum Gasteiger partial charge on any atom is 0.411 e. The average Bonchev–Trinajstić information content (AvgIpc) is 3.27. The summed E-state index contributed by atoms with van der Waals surface area (Å²) in [6.45, 7) is 1.93. The van der Waals surface area contributed by atoms with Crippen molar-refractivity contribution in [3.8, 4) is 0 Å². The van der Waals surface area contributed by atoms with Crippen molar-refractivity contribution < 1.29 is 19.4 Å².